The average molecular weight is 286 g/mol. The second-order valence-electron chi connectivity index (χ2n) is 2.07. The minimum absolute atomic E-state index is 0. The van der Waals surface area contributed by atoms with Crippen LogP contribution in [0.4, 0.5) is 0 Å². The van der Waals surface area contributed by atoms with Crippen molar-refractivity contribution in [3.8, 4) is 0 Å². The molecule has 0 radical (unpaired) electrons. The zero-order valence-corrected chi connectivity index (χ0v) is 11.6. The molecule has 0 aromatic heterocycles. The van der Waals surface area contributed by atoms with E-state index in [-0.39, 0.29) is 76.2 Å². The van der Waals surface area contributed by atoms with Crippen molar-refractivity contribution < 1.29 is 21.7 Å². The molecule has 0 aromatic carbocycles. The Morgan fingerprint density at radius 2 is 0.800 bits per heavy atom. The first-order chi connectivity index (χ1) is 2.00. The summed E-state index contributed by atoms with van der Waals surface area (Å²) in [5, 5.41) is 0. The Labute approximate surface area is 108 Å². The molecular formula is C4H13Cl5Ti. The van der Waals surface area contributed by atoms with E-state index in [0.717, 1.165) is 0 Å². The van der Waals surface area contributed by atoms with Gasteiger partial charge in [-0.05, 0) is 20.8 Å². The molecule has 10 heavy (non-hydrogen) atoms. The molecule has 0 spiro atoms. The van der Waals surface area contributed by atoms with Gasteiger partial charge in [0.05, 0.1) is 0 Å². The van der Waals surface area contributed by atoms with Crippen molar-refractivity contribution in [2.75, 3.05) is 0 Å². The smallest absolute Gasteiger partial charge is 0.0362 e. The van der Waals surface area contributed by atoms with Gasteiger partial charge in [-0.1, -0.05) is 0 Å². The first-order valence-corrected chi connectivity index (χ1v) is 2.07. The number of rotatable bonds is 0. The van der Waals surface area contributed by atoms with Crippen LogP contribution in [0.2, 0.25) is 0 Å². The summed E-state index contributed by atoms with van der Waals surface area (Å²) in [4.78, 5) is -0.0278. The third kappa shape index (κ3) is 182. The topological polar surface area (TPSA) is 0 Å². The van der Waals surface area contributed by atoms with Crippen molar-refractivity contribution in [2.24, 2.45) is 0 Å². The van der Waals surface area contributed by atoms with Crippen LogP contribution in [0.15, 0.2) is 0 Å². The molecule has 0 aliphatic carbocycles. The quantitative estimate of drug-likeness (QED) is 0.470. The molecule has 0 aromatic rings. The summed E-state index contributed by atoms with van der Waals surface area (Å²) in [6.07, 6.45) is 0. The molecule has 0 nitrogen and oxygen atoms in total. The van der Waals surface area contributed by atoms with E-state index in [1.807, 2.05) is 20.8 Å². The Morgan fingerprint density at radius 3 is 0.800 bits per heavy atom. The van der Waals surface area contributed by atoms with E-state index in [4.69, 9.17) is 11.6 Å². The molecule has 0 bridgehead atoms. The van der Waals surface area contributed by atoms with E-state index in [2.05, 4.69) is 0 Å². The fourth-order valence-electron chi connectivity index (χ4n) is 0. The molecule has 0 amide bonds. The number of hydrogen-bond acceptors (Lipinski definition) is 0. The largest absolute Gasteiger partial charge is 0.147 e. The fraction of sp³-hybridized carbons (Fsp3) is 1.00. The van der Waals surface area contributed by atoms with Gasteiger partial charge in [-0.25, -0.2) is 0 Å². The maximum atomic E-state index is 5.53. The predicted molar refractivity (Wildman–Crippen MR) is 54.6 cm³/mol. The van der Waals surface area contributed by atoms with Crippen molar-refractivity contribution in [1.29, 1.82) is 0 Å². The molecule has 0 heterocycles. The molecule has 0 N–H and O–H groups in total. The fourth-order valence-corrected chi connectivity index (χ4v) is 0. The standard InChI is InChI=1S/C4H9Cl.4ClH.Ti/c1-4(2,3)5;;;;;/h1-3H3;4*1H;. The Bertz CT molecular complexity index is 29.1. The third-order valence-corrected chi connectivity index (χ3v) is 0. The maximum absolute atomic E-state index is 5.53. The minimum atomic E-state index is -0.0278. The molecule has 0 aliphatic heterocycles. The number of alkyl halides is 1. The first-order valence-electron chi connectivity index (χ1n) is 1.69. The second kappa shape index (κ2) is 17.3. The van der Waals surface area contributed by atoms with Crippen LogP contribution < -0.4 is 0 Å². The van der Waals surface area contributed by atoms with Crippen molar-refractivity contribution in [1.82, 2.24) is 0 Å². The van der Waals surface area contributed by atoms with Gasteiger partial charge in [0.25, 0.3) is 0 Å². The second-order valence-corrected chi connectivity index (χ2v) is 3.20. The summed E-state index contributed by atoms with van der Waals surface area (Å²) < 4.78 is 0. The summed E-state index contributed by atoms with van der Waals surface area (Å²) in [6, 6.07) is 0. The zero-order valence-electron chi connectivity index (χ0n) is 6.01. The van der Waals surface area contributed by atoms with E-state index in [1.54, 1.807) is 0 Å². The molecule has 6 heteroatoms. The molecular weight excluding hydrogens is 273 g/mol. The van der Waals surface area contributed by atoms with E-state index in [9.17, 15) is 0 Å². The Hall–Kier alpha value is 2.16. The van der Waals surface area contributed by atoms with Crippen molar-refractivity contribution in [3.63, 3.8) is 0 Å². The number of hydrogen-bond donors (Lipinski definition) is 0. The van der Waals surface area contributed by atoms with E-state index >= 15 is 0 Å². The van der Waals surface area contributed by atoms with Gasteiger partial charge in [0.1, 0.15) is 0 Å². The van der Waals surface area contributed by atoms with Crippen LogP contribution in [0.3, 0.4) is 0 Å². The van der Waals surface area contributed by atoms with Crippen LogP contribution in [0.5, 0.6) is 0 Å². The third-order valence-electron chi connectivity index (χ3n) is 0. The molecule has 0 aliphatic rings. The summed E-state index contributed by atoms with van der Waals surface area (Å²) in [5.41, 5.74) is 0. The van der Waals surface area contributed by atoms with Gasteiger partial charge >= 0.3 is 0 Å². The average Bonchev–Trinajstić information content (AvgIpc) is 0.722. The van der Waals surface area contributed by atoms with Crippen LogP contribution in [-0.2, 0) is 21.7 Å². The van der Waals surface area contributed by atoms with Crippen LogP contribution in [0, 0.1) is 0 Å². The molecule has 0 atom stereocenters. The Kier molecular flexibility index (Phi) is 69.0. The van der Waals surface area contributed by atoms with Crippen LogP contribution >= 0.6 is 61.2 Å². The van der Waals surface area contributed by atoms with Gasteiger partial charge in [0.2, 0.25) is 0 Å². The van der Waals surface area contributed by atoms with E-state index in [1.165, 1.54) is 0 Å². The summed E-state index contributed by atoms with van der Waals surface area (Å²) in [7, 11) is 0. The SMILES string of the molecule is CC(C)(C)Cl.Cl.Cl.Cl.Cl.[Ti]. The molecule has 0 fully saturated rings. The van der Waals surface area contributed by atoms with E-state index < -0.39 is 0 Å². The molecule has 0 unspecified atom stereocenters. The van der Waals surface area contributed by atoms with Gasteiger partial charge in [0, 0.05) is 26.6 Å². The van der Waals surface area contributed by atoms with Crippen molar-refractivity contribution >= 4 is 61.2 Å². The molecule has 0 saturated heterocycles. The Balaban J connectivity index is -0.00000000800. The summed E-state index contributed by atoms with van der Waals surface area (Å²) in [5.74, 6) is 0. The first kappa shape index (κ1) is 39.9. The normalized spacial score (nSPS) is 6.00. The minimum Gasteiger partial charge on any atom is -0.147 e. The van der Waals surface area contributed by atoms with Crippen LogP contribution in [0.25, 0.3) is 0 Å². The van der Waals surface area contributed by atoms with Gasteiger partial charge in [-0.3, -0.25) is 0 Å². The molecule has 0 rings (SSSR count). The maximum Gasteiger partial charge on any atom is 0.0362 e. The number of halogens is 5. The Morgan fingerprint density at radius 1 is 0.800 bits per heavy atom. The predicted octanol–water partition coefficient (Wildman–Crippen LogP) is 3.71. The van der Waals surface area contributed by atoms with Gasteiger partial charge < -0.3 is 0 Å². The van der Waals surface area contributed by atoms with Gasteiger partial charge in [-0.15, -0.1) is 61.2 Å². The molecule has 68 valence electrons. The van der Waals surface area contributed by atoms with Gasteiger partial charge in [-0.2, -0.15) is 0 Å². The van der Waals surface area contributed by atoms with Crippen molar-refractivity contribution in [2.45, 2.75) is 25.6 Å². The monoisotopic (exact) mass is 284 g/mol. The zero-order chi connectivity index (χ0) is 4.50. The van der Waals surface area contributed by atoms with Gasteiger partial charge in [0.15, 0.2) is 0 Å². The summed E-state index contributed by atoms with van der Waals surface area (Å²) >= 11 is 5.53. The van der Waals surface area contributed by atoms with E-state index in [0.29, 0.717) is 0 Å². The molecule has 0 saturated carbocycles. The summed E-state index contributed by atoms with van der Waals surface area (Å²) in [6.45, 7) is 5.86. The van der Waals surface area contributed by atoms with Crippen molar-refractivity contribution in [3.05, 3.63) is 0 Å². The van der Waals surface area contributed by atoms with Crippen LogP contribution in [0.1, 0.15) is 20.8 Å². The van der Waals surface area contributed by atoms with Crippen LogP contribution in [-0.4, -0.2) is 4.87 Å².